The van der Waals surface area contributed by atoms with Crippen molar-refractivity contribution in [2.75, 3.05) is 12.4 Å². The van der Waals surface area contributed by atoms with Crippen LogP contribution in [0.25, 0.3) is 0 Å². The second-order valence-corrected chi connectivity index (χ2v) is 4.53. The molecule has 2 rings (SSSR count). The largest absolute Gasteiger partial charge is 0.465 e. The van der Waals surface area contributed by atoms with Gasteiger partial charge in [0.05, 0.1) is 12.8 Å². The summed E-state index contributed by atoms with van der Waals surface area (Å²) < 4.78 is 17.4. The van der Waals surface area contributed by atoms with Gasteiger partial charge < -0.3 is 10.1 Å². The minimum Gasteiger partial charge on any atom is -0.465 e. The number of halogens is 1. The molecule has 0 aliphatic rings. The van der Waals surface area contributed by atoms with Crippen LogP contribution in [0, 0.1) is 5.82 Å². The van der Waals surface area contributed by atoms with Crippen molar-refractivity contribution in [3.8, 4) is 0 Å². The molecule has 2 aromatic rings. The number of hydrogen-bond donors (Lipinski definition) is 1. The predicted octanol–water partition coefficient (Wildman–Crippen LogP) is 2.93. The Hall–Kier alpha value is -2.21. The van der Waals surface area contributed by atoms with Crippen LogP contribution in [0.3, 0.4) is 0 Å². The van der Waals surface area contributed by atoms with Crippen molar-refractivity contribution in [1.29, 1.82) is 0 Å². The fraction of sp³-hybridized carbons (Fsp3) is 0.0769. The lowest BCUT2D eigenvalue weighted by Gasteiger charge is -2.05. The van der Waals surface area contributed by atoms with Gasteiger partial charge in [0, 0.05) is 5.56 Å². The van der Waals surface area contributed by atoms with Crippen LogP contribution in [0.4, 0.5) is 10.1 Å². The van der Waals surface area contributed by atoms with Gasteiger partial charge in [-0.05, 0) is 35.7 Å². The summed E-state index contributed by atoms with van der Waals surface area (Å²) in [4.78, 5) is 23.7. The van der Waals surface area contributed by atoms with Crippen LogP contribution < -0.4 is 5.32 Å². The average Bonchev–Trinajstić information content (AvgIpc) is 2.86. The minimum atomic E-state index is -0.510. The number of ether oxygens (including phenoxy) is 1. The van der Waals surface area contributed by atoms with Gasteiger partial charge in [-0.25, -0.2) is 9.18 Å². The number of methoxy groups -OCH3 is 1. The third-order valence-corrected chi connectivity index (χ3v) is 3.29. The molecule has 0 bridgehead atoms. The summed E-state index contributed by atoms with van der Waals surface area (Å²) in [6.45, 7) is 0. The molecule has 0 atom stereocenters. The van der Waals surface area contributed by atoms with Gasteiger partial charge in [-0.15, -0.1) is 11.3 Å². The maximum atomic E-state index is 12.8. The summed E-state index contributed by atoms with van der Waals surface area (Å²) in [5, 5.41) is 4.26. The molecule has 19 heavy (non-hydrogen) atoms. The highest BCUT2D eigenvalue weighted by Crippen LogP contribution is 2.23. The van der Waals surface area contributed by atoms with E-state index in [4.69, 9.17) is 0 Å². The Bertz CT molecular complexity index is 607. The summed E-state index contributed by atoms with van der Waals surface area (Å²) >= 11 is 1.17. The van der Waals surface area contributed by atoms with Crippen LogP contribution in [0.5, 0.6) is 0 Å². The van der Waals surface area contributed by atoms with E-state index in [9.17, 15) is 14.0 Å². The van der Waals surface area contributed by atoms with E-state index in [-0.39, 0.29) is 0 Å². The quantitative estimate of drug-likeness (QED) is 0.879. The normalized spacial score (nSPS) is 10.0. The monoisotopic (exact) mass is 279 g/mol. The first-order valence-corrected chi connectivity index (χ1v) is 6.22. The Morgan fingerprint density at radius 1 is 1.21 bits per heavy atom. The van der Waals surface area contributed by atoms with Gasteiger partial charge in [-0.2, -0.15) is 0 Å². The van der Waals surface area contributed by atoms with Crippen LogP contribution in [-0.2, 0) is 4.74 Å². The van der Waals surface area contributed by atoms with Crippen molar-refractivity contribution in [2.45, 2.75) is 0 Å². The molecule has 1 aromatic carbocycles. The van der Waals surface area contributed by atoms with E-state index in [1.54, 1.807) is 11.4 Å². The number of carbonyl (C=O) groups excluding carboxylic acids is 2. The molecule has 1 amide bonds. The van der Waals surface area contributed by atoms with Gasteiger partial charge in [-0.3, -0.25) is 4.79 Å². The Kier molecular flexibility index (Phi) is 3.91. The molecule has 0 spiro atoms. The van der Waals surface area contributed by atoms with Gasteiger partial charge >= 0.3 is 5.97 Å². The molecule has 1 N–H and O–H groups in total. The van der Waals surface area contributed by atoms with E-state index in [0.717, 1.165) is 0 Å². The summed E-state index contributed by atoms with van der Waals surface area (Å²) in [5.41, 5.74) is 0.689. The van der Waals surface area contributed by atoms with Gasteiger partial charge in [0.25, 0.3) is 5.91 Å². The molecule has 0 saturated carbocycles. The molecule has 4 nitrogen and oxygen atoms in total. The fourth-order valence-corrected chi connectivity index (χ4v) is 2.22. The molecule has 0 radical (unpaired) electrons. The van der Waals surface area contributed by atoms with Crippen LogP contribution in [0.15, 0.2) is 35.7 Å². The van der Waals surface area contributed by atoms with E-state index in [1.165, 1.54) is 42.7 Å². The van der Waals surface area contributed by atoms with E-state index in [2.05, 4.69) is 10.1 Å². The molecule has 1 heterocycles. The van der Waals surface area contributed by atoms with E-state index < -0.39 is 17.7 Å². The number of benzene rings is 1. The third kappa shape index (κ3) is 2.97. The van der Waals surface area contributed by atoms with Crippen molar-refractivity contribution < 1.29 is 18.7 Å². The minimum absolute atomic E-state index is 0.309. The van der Waals surface area contributed by atoms with Crippen molar-refractivity contribution in [2.24, 2.45) is 0 Å². The van der Waals surface area contributed by atoms with Gasteiger partial charge in [0.15, 0.2) is 0 Å². The molecule has 1 aromatic heterocycles. The average molecular weight is 279 g/mol. The highest BCUT2D eigenvalue weighted by Gasteiger charge is 2.16. The number of anilines is 1. The topological polar surface area (TPSA) is 55.4 Å². The summed E-state index contributed by atoms with van der Waals surface area (Å²) in [6, 6.07) is 6.75. The highest BCUT2D eigenvalue weighted by atomic mass is 32.1. The number of nitrogens with one attached hydrogen (secondary N) is 1. The lowest BCUT2D eigenvalue weighted by Crippen LogP contribution is -2.13. The van der Waals surface area contributed by atoms with Crippen molar-refractivity contribution in [3.63, 3.8) is 0 Å². The van der Waals surface area contributed by atoms with Crippen molar-refractivity contribution >= 4 is 28.9 Å². The Morgan fingerprint density at radius 3 is 2.53 bits per heavy atom. The predicted molar refractivity (Wildman–Crippen MR) is 70.0 cm³/mol. The Morgan fingerprint density at radius 2 is 1.89 bits per heavy atom. The van der Waals surface area contributed by atoms with Crippen molar-refractivity contribution in [3.05, 3.63) is 52.0 Å². The molecule has 98 valence electrons. The maximum absolute atomic E-state index is 12.8. The number of carbonyl (C=O) groups is 2. The molecule has 0 saturated heterocycles. The number of thiophene rings is 1. The van der Waals surface area contributed by atoms with Crippen LogP contribution in [0.2, 0.25) is 0 Å². The zero-order valence-corrected chi connectivity index (χ0v) is 10.8. The van der Waals surface area contributed by atoms with Crippen LogP contribution >= 0.6 is 11.3 Å². The molecule has 0 aliphatic carbocycles. The van der Waals surface area contributed by atoms with E-state index >= 15 is 0 Å². The summed E-state index contributed by atoms with van der Waals surface area (Å²) in [7, 11) is 1.27. The lowest BCUT2D eigenvalue weighted by atomic mass is 10.2. The SMILES string of the molecule is COC(=O)c1sccc1NC(=O)c1ccc(F)cc1. The number of hydrogen-bond acceptors (Lipinski definition) is 4. The first-order valence-electron chi connectivity index (χ1n) is 5.34. The molecule has 0 fully saturated rings. The van der Waals surface area contributed by atoms with E-state index in [1.807, 2.05) is 0 Å². The molecule has 0 unspecified atom stereocenters. The van der Waals surface area contributed by atoms with E-state index in [0.29, 0.717) is 16.1 Å². The lowest BCUT2D eigenvalue weighted by molar-refractivity contribution is 0.0607. The van der Waals surface area contributed by atoms with Crippen molar-refractivity contribution in [1.82, 2.24) is 0 Å². The second kappa shape index (κ2) is 5.62. The highest BCUT2D eigenvalue weighted by molar-refractivity contribution is 7.12. The van der Waals surface area contributed by atoms with Crippen LogP contribution in [0.1, 0.15) is 20.0 Å². The third-order valence-electron chi connectivity index (χ3n) is 2.39. The molecule has 6 heteroatoms. The van der Waals surface area contributed by atoms with Gasteiger partial charge in [-0.1, -0.05) is 0 Å². The summed E-state index contributed by atoms with van der Waals surface area (Å²) in [6.07, 6.45) is 0. The van der Waals surface area contributed by atoms with Gasteiger partial charge in [0.1, 0.15) is 10.7 Å². The first-order chi connectivity index (χ1) is 9.11. The zero-order valence-electron chi connectivity index (χ0n) is 9.98. The number of esters is 1. The number of amides is 1. The Balaban J connectivity index is 2.17. The molecule has 0 aliphatic heterocycles. The smallest absolute Gasteiger partial charge is 0.350 e. The Labute approximate surface area is 112 Å². The summed E-state index contributed by atoms with van der Waals surface area (Å²) in [5.74, 6) is -1.34. The fourth-order valence-electron chi connectivity index (χ4n) is 1.45. The van der Waals surface area contributed by atoms with Gasteiger partial charge in [0.2, 0.25) is 0 Å². The standard InChI is InChI=1S/C13H10FNO3S/c1-18-13(17)11-10(6-7-19-11)15-12(16)8-2-4-9(14)5-3-8/h2-7H,1H3,(H,15,16). The molecular formula is C13H10FNO3S. The maximum Gasteiger partial charge on any atom is 0.350 e. The first kappa shape index (κ1) is 13.2. The number of rotatable bonds is 3. The zero-order chi connectivity index (χ0) is 13.8. The molecular weight excluding hydrogens is 269 g/mol. The second-order valence-electron chi connectivity index (χ2n) is 3.62. The van der Waals surface area contributed by atoms with Crippen LogP contribution in [-0.4, -0.2) is 19.0 Å².